The van der Waals surface area contributed by atoms with Crippen LogP contribution in [0, 0.1) is 17.3 Å². The van der Waals surface area contributed by atoms with Crippen LogP contribution in [-0.2, 0) is 4.79 Å². The van der Waals surface area contributed by atoms with Crippen molar-refractivity contribution in [2.75, 3.05) is 26.2 Å². The van der Waals surface area contributed by atoms with Gasteiger partial charge in [-0.2, -0.15) is 0 Å². The van der Waals surface area contributed by atoms with Crippen LogP contribution >= 0.6 is 0 Å². The van der Waals surface area contributed by atoms with E-state index in [1.54, 1.807) is 0 Å². The third-order valence-electron chi connectivity index (χ3n) is 7.14. The Kier molecular flexibility index (Phi) is 2.84. The SMILES string of the molecule is [2H]C([2H])([2H])C1(NC(=O)C2CCN([C@@H]3C[C@@]4(CCN(C(=O)O)C4)C3CC)CC2)C([2H])([2H])C([2H])([2H])C1([2H])[2H]. The van der Waals surface area contributed by atoms with Crippen molar-refractivity contribution < 1.29 is 27.0 Å². The van der Waals surface area contributed by atoms with E-state index in [9.17, 15) is 14.7 Å². The van der Waals surface area contributed by atoms with Gasteiger partial charge < -0.3 is 20.2 Å². The first-order chi connectivity index (χ1) is 16.4. The molecule has 0 aromatic heterocycles. The molecular weight excluding hydrogens is 342 g/mol. The zero-order valence-corrected chi connectivity index (χ0v) is 15.8. The molecule has 0 aromatic carbocycles. The second-order valence-electron chi connectivity index (χ2n) is 8.53. The minimum Gasteiger partial charge on any atom is -0.465 e. The lowest BCUT2D eigenvalue weighted by atomic mass is 9.54. The van der Waals surface area contributed by atoms with Crippen LogP contribution in [0.5, 0.6) is 0 Å². The first-order valence-electron chi connectivity index (χ1n) is 14.4. The maximum absolute atomic E-state index is 13.1. The van der Waals surface area contributed by atoms with Crippen LogP contribution in [0.15, 0.2) is 0 Å². The van der Waals surface area contributed by atoms with Gasteiger partial charge >= 0.3 is 6.09 Å². The summed E-state index contributed by atoms with van der Waals surface area (Å²) in [6.45, 7) is 1.03. The highest BCUT2D eigenvalue weighted by Gasteiger charge is 2.58. The number of piperidine rings is 1. The maximum Gasteiger partial charge on any atom is 0.407 e. The van der Waals surface area contributed by atoms with Crippen LogP contribution in [0.2, 0.25) is 0 Å². The van der Waals surface area contributed by atoms with Crippen molar-refractivity contribution in [3.63, 3.8) is 0 Å². The third kappa shape index (κ3) is 3.34. The number of rotatable bonds is 4. The summed E-state index contributed by atoms with van der Waals surface area (Å²) in [6.07, 6.45) is -6.80. The molecule has 2 saturated heterocycles. The van der Waals surface area contributed by atoms with Crippen LogP contribution in [0.1, 0.15) is 77.3 Å². The number of hydrogen-bond acceptors (Lipinski definition) is 3. The van der Waals surface area contributed by atoms with Crippen molar-refractivity contribution >= 4 is 12.0 Å². The van der Waals surface area contributed by atoms with E-state index in [-0.39, 0.29) is 11.5 Å². The molecule has 2 heterocycles. The fourth-order valence-corrected chi connectivity index (χ4v) is 5.60. The smallest absolute Gasteiger partial charge is 0.407 e. The van der Waals surface area contributed by atoms with Crippen LogP contribution in [0.4, 0.5) is 4.79 Å². The van der Waals surface area contributed by atoms with E-state index in [2.05, 4.69) is 17.1 Å². The number of nitrogens with one attached hydrogen (secondary N) is 1. The summed E-state index contributed by atoms with van der Waals surface area (Å²) < 4.78 is 71.6. The van der Waals surface area contributed by atoms with E-state index < -0.39 is 49.4 Å². The monoisotopic (exact) mass is 386 g/mol. The standard InChI is InChI=1S/C21H35N3O3/c1-3-16-17(13-21(16)9-12-24(14-21)19(26)27)23-10-5-15(6-11-23)18(25)22-20(2)7-4-8-20/h15-17H,3-14H2,1-2H3,(H,22,25)(H,26,27)/t16?,17-,21-/m1/s1/i2D3,4D2,7D2,8D2. The molecule has 0 aromatic rings. The highest BCUT2D eigenvalue weighted by atomic mass is 16.4. The molecule has 4 fully saturated rings. The zero-order valence-electron chi connectivity index (χ0n) is 24.8. The summed E-state index contributed by atoms with van der Waals surface area (Å²) in [5.74, 6) is -1.05. The van der Waals surface area contributed by atoms with Gasteiger partial charge in [-0.1, -0.05) is 13.3 Å². The van der Waals surface area contributed by atoms with Crippen molar-refractivity contribution in [1.82, 2.24) is 15.1 Å². The molecule has 2 aliphatic carbocycles. The molecule has 4 rings (SSSR count). The van der Waals surface area contributed by atoms with Gasteiger partial charge in [-0.15, -0.1) is 0 Å². The minimum absolute atomic E-state index is 0.00146. The maximum atomic E-state index is 13.1. The molecule has 2 amide bonds. The topological polar surface area (TPSA) is 72.9 Å². The molecule has 1 unspecified atom stereocenters. The summed E-state index contributed by atoms with van der Waals surface area (Å²) in [5, 5.41) is 11.5. The van der Waals surface area contributed by atoms with E-state index in [1.165, 1.54) is 4.90 Å². The Balaban J connectivity index is 1.41. The van der Waals surface area contributed by atoms with Gasteiger partial charge in [-0.3, -0.25) is 4.79 Å². The Morgan fingerprint density at radius 3 is 2.63 bits per heavy atom. The van der Waals surface area contributed by atoms with Gasteiger partial charge in [0, 0.05) is 42.9 Å². The second kappa shape index (κ2) is 6.94. The van der Waals surface area contributed by atoms with Gasteiger partial charge in [0.15, 0.2) is 0 Å². The van der Waals surface area contributed by atoms with Crippen molar-refractivity contribution in [1.29, 1.82) is 0 Å². The summed E-state index contributed by atoms with van der Waals surface area (Å²) in [5.41, 5.74) is -2.99. The molecular formula is C21H35N3O3. The number of hydrogen-bond donors (Lipinski definition) is 2. The van der Waals surface area contributed by atoms with Crippen molar-refractivity contribution in [3.8, 4) is 0 Å². The summed E-state index contributed by atoms with van der Waals surface area (Å²) >= 11 is 0. The lowest BCUT2D eigenvalue weighted by molar-refractivity contribution is -0.131. The van der Waals surface area contributed by atoms with E-state index in [1.807, 2.05) is 0 Å². The number of likely N-dealkylation sites (tertiary alicyclic amines) is 2. The average Bonchev–Trinajstić information content (AvgIpc) is 3.22. The molecule has 0 radical (unpaired) electrons. The molecule has 6 heteroatoms. The number of nitrogens with zero attached hydrogens (tertiary/aromatic N) is 2. The van der Waals surface area contributed by atoms with Crippen molar-refractivity contribution in [2.24, 2.45) is 17.3 Å². The Hall–Kier alpha value is -1.30. The van der Waals surface area contributed by atoms with E-state index in [4.69, 9.17) is 12.3 Å². The molecule has 152 valence electrons. The predicted octanol–water partition coefficient (Wildman–Crippen LogP) is 2.93. The largest absolute Gasteiger partial charge is 0.465 e. The lowest BCUT2D eigenvalue weighted by Crippen LogP contribution is -2.62. The normalized spacial score (nSPS) is 47.3. The Bertz CT molecular complexity index is 902. The summed E-state index contributed by atoms with van der Waals surface area (Å²) in [7, 11) is 0. The molecule has 2 saturated carbocycles. The van der Waals surface area contributed by atoms with Crippen LogP contribution in [0.25, 0.3) is 0 Å². The number of amides is 2. The van der Waals surface area contributed by atoms with Crippen LogP contribution < -0.4 is 5.32 Å². The number of carboxylic acid groups (broad SMARTS) is 1. The molecule has 27 heavy (non-hydrogen) atoms. The lowest BCUT2D eigenvalue weighted by Gasteiger charge is -2.58. The number of carbonyl (C=O) groups is 2. The first-order valence-corrected chi connectivity index (χ1v) is 9.94. The Morgan fingerprint density at radius 1 is 1.30 bits per heavy atom. The second-order valence-corrected chi connectivity index (χ2v) is 8.53. The van der Waals surface area contributed by atoms with E-state index in [0.29, 0.717) is 44.9 Å². The summed E-state index contributed by atoms with van der Waals surface area (Å²) in [6, 6.07) is 0.281. The van der Waals surface area contributed by atoms with Gasteiger partial charge in [-0.25, -0.2) is 4.79 Å². The van der Waals surface area contributed by atoms with Crippen LogP contribution in [-0.4, -0.2) is 64.7 Å². The molecule has 2 aliphatic heterocycles. The Morgan fingerprint density at radius 2 is 2.04 bits per heavy atom. The highest BCUT2D eigenvalue weighted by molar-refractivity contribution is 5.79. The van der Waals surface area contributed by atoms with Gasteiger partial charge in [0.25, 0.3) is 0 Å². The van der Waals surface area contributed by atoms with Gasteiger partial charge in [-0.05, 0) is 76.1 Å². The number of carbonyl (C=O) groups excluding carboxylic acids is 1. The predicted molar refractivity (Wildman–Crippen MR) is 104 cm³/mol. The molecule has 1 spiro atoms. The van der Waals surface area contributed by atoms with Gasteiger partial charge in [0.1, 0.15) is 0 Å². The van der Waals surface area contributed by atoms with Gasteiger partial charge in [0.05, 0.1) is 0 Å². The molecule has 0 bridgehead atoms. The molecule has 4 aliphatic rings. The molecule has 2 N–H and O–H groups in total. The summed E-state index contributed by atoms with van der Waals surface area (Å²) in [4.78, 5) is 28.3. The van der Waals surface area contributed by atoms with Gasteiger partial charge in [0.2, 0.25) is 5.91 Å². The fourth-order valence-electron chi connectivity index (χ4n) is 5.60. The molecule has 6 nitrogen and oxygen atoms in total. The van der Waals surface area contributed by atoms with Crippen molar-refractivity contribution in [3.05, 3.63) is 0 Å². The molecule has 3 atom stereocenters. The van der Waals surface area contributed by atoms with Crippen LogP contribution in [0.3, 0.4) is 0 Å². The van der Waals surface area contributed by atoms with E-state index in [0.717, 1.165) is 19.3 Å². The fraction of sp³-hybridized carbons (Fsp3) is 0.905. The minimum atomic E-state index is -3.30. The average molecular weight is 387 g/mol. The van der Waals surface area contributed by atoms with E-state index >= 15 is 0 Å². The first kappa shape index (κ1) is 11.0. The highest BCUT2D eigenvalue weighted by Crippen LogP contribution is 2.56. The quantitative estimate of drug-likeness (QED) is 0.779. The Labute approximate surface area is 175 Å². The van der Waals surface area contributed by atoms with Crippen molar-refractivity contribution in [2.45, 2.75) is 76.6 Å². The zero-order chi connectivity index (χ0) is 27.1. The third-order valence-corrected chi connectivity index (χ3v) is 7.14.